The number of nitrogens with two attached hydrogens (primary N) is 1. The van der Waals surface area contributed by atoms with Gasteiger partial charge in [-0.15, -0.1) is 0 Å². The predicted molar refractivity (Wildman–Crippen MR) is 67.7 cm³/mol. The maximum atomic E-state index is 11.1. The molecule has 0 aliphatic carbocycles. The lowest BCUT2D eigenvalue weighted by Gasteiger charge is -2.21. The van der Waals surface area contributed by atoms with Crippen molar-refractivity contribution < 1.29 is 13.2 Å². The first-order chi connectivity index (χ1) is 8.52. The standard InChI is InChI=1S/C12H16N2O3S/c13-18(15,16)10-4-1-8(2-5-10)14-11-7-9-3-6-12(11)17-9/h1-2,4-5,9,11-12,14H,3,6-7H2,(H2,13,15,16). The third kappa shape index (κ3) is 2.23. The van der Waals surface area contributed by atoms with E-state index in [9.17, 15) is 8.42 Å². The molecule has 0 saturated carbocycles. The Morgan fingerprint density at radius 3 is 2.44 bits per heavy atom. The molecule has 5 nitrogen and oxygen atoms in total. The van der Waals surface area contributed by atoms with Gasteiger partial charge in [-0.2, -0.15) is 0 Å². The van der Waals surface area contributed by atoms with Gasteiger partial charge in [-0.25, -0.2) is 13.6 Å². The molecule has 0 aromatic heterocycles. The van der Waals surface area contributed by atoms with Crippen molar-refractivity contribution in [1.82, 2.24) is 0 Å². The first kappa shape index (κ1) is 12.0. The zero-order valence-electron chi connectivity index (χ0n) is 9.87. The Labute approximate surface area is 106 Å². The molecule has 0 spiro atoms. The Kier molecular flexibility index (Phi) is 2.80. The second kappa shape index (κ2) is 4.22. The highest BCUT2D eigenvalue weighted by Gasteiger charge is 2.40. The van der Waals surface area contributed by atoms with Crippen LogP contribution in [0.2, 0.25) is 0 Å². The summed E-state index contributed by atoms with van der Waals surface area (Å²) in [5, 5.41) is 8.44. The van der Waals surface area contributed by atoms with Gasteiger partial charge in [0.05, 0.1) is 23.1 Å². The number of nitrogens with one attached hydrogen (secondary N) is 1. The maximum Gasteiger partial charge on any atom is 0.238 e. The van der Waals surface area contributed by atoms with Crippen LogP contribution in [0, 0.1) is 0 Å². The second-order valence-electron chi connectivity index (χ2n) is 4.93. The summed E-state index contributed by atoms with van der Waals surface area (Å²) in [6.45, 7) is 0. The number of hydrogen-bond donors (Lipinski definition) is 2. The highest BCUT2D eigenvalue weighted by molar-refractivity contribution is 7.89. The predicted octanol–water partition coefficient (Wildman–Crippen LogP) is 1.07. The van der Waals surface area contributed by atoms with E-state index < -0.39 is 10.0 Å². The zero-order valence-corrected chi connectivity index (χ0v) is 10.7. The molecule has 18 heavy (non-hydrogen) atoms. The molecule has 2 saturated heterocycles. The van der Waals surface area contributed by atoms with Crippen molar-refractivity contribution in [3.8, 4) is 0 Å². The third-order valence-corrected chi connectivity index (χ3v) is 4.57. The maximum absolute atomic E-state index is 11.1. The first-order valence-corrected chi connectivity index (χ1v) is 7.62. The van der Waals surface area contributed by atoms with Gasteiger partial charge in [-0.3, -0.25) is 0 Å². The fourth-order valence-corrected chi connectivity index (χ4v) is 3.26. The molecule has 3 rings (SSSR count). The van der Waals surface area contributed by atoms with Gasteiger partial charge in [-0.05, 0) is 43.5 Å². The van der Waals surface area contributed by atoms with Crippen molar-refractivity contribution in [1.29, 1.82) is 0 Å². The van der Waals surface area contributed by atoms with Gasteiger partial charge in [0.1, 0.15) is 0 Å². The van der Waals surface area contributed by atoms with E-state index in [-0.39, 0.29) is 4.90 Å². The van der Waals surface area contributed by atoms with Crippen LogP contribution in [0.3, 0.4) is 0 Å². The molecule has 98 valence electrons. The highest BCUT2D eigenvalue weighted by Crippen LogP contribution is 2.35. The minimum Gasteiger partial charge on any atom is -0.380 e. The molecular formula is C12H16N2O3S. The van der Waals surface area contributed by atoms with E-state index >= 15 is 0 Å². The van der Waals surface area contributed by atoms with E-state index in [1.807, 2.05) is 0 Å². The Hall–Kier alpha value is -1.11. The Bertz CT molecular complexity index is 541. The van der Waals surface area contributed by atoms with Crippen molar-refractivity contribution >= 4 is 15.7 Å². The van der Waals surface area contributed by atoms with E-state index in [1.54, 1.807) is 12.1 Å². The summed E-state index contributed by atoms with van der Waals surface area (Å²) in [5.41, 5.74) is 0.906. The van der Waals surface area contributed by atoms with Crippen LogP contribution >= 0.6 is 0 Å². The summed E-state index contributed by atoms with van der Waals surface area (Å²) in [4.78, 5) is 0.136. The first-order valence-electron chi connectivity index (χ1n) is 6.07. The van der Waals surface area contributed by atoms with Crippen LogP contribution in [0.5, 0.6) is 0 Å². The van der Waals surface area contributed by atoms with Crippen molar-refractivity contribution in [2.24, 2.45) is 5.14 Å². The smallest absolute Gasteiger partial charge is 0.238 e. The van der Waals surface area contributed by atoms with E-state index in [4.69, 9.17) is 9.88 Å². The number of anilines is 1. The molecule has 2 fully saturated rings. The molecular weight excluding hydrogens is 252 g/mol. The third-order valence-electron chi connectivity index (χ3n) is 3.64. The highest BCUT2D eigenvalue weighted by atomic mass is 32.2. The minimum absolute atomic E-state index is 0.136. The minimum atomic E-state index is -3.61. The van der Waals surface area contributed by atoms with E-state index in [0.29, 0.717) is 18.2 Å². The number of sulfonamides is 1. The van der Waals surface area contributed by atoms with Crippen LogP contribution < -0.4 is 10.5 Å². The molecule has 1 aromatic rings. The number of benzene rings is 1. The molecule has 3 N–H and O–H groups in total. The van der Waals surface area contributed by atoms with Gasteiger partial charge < -0.3 is 10.1 Å². The lowest BCUT2D eigenvalue weighted by Crippen LogP contribution is -2.30. The summed E-state index contributed by atoms with van der Waals surface area (Å²) in [5.74, 6) is 0. The SMILES string of the molecule is NS(=O)(=O)c1ccc(NC2CC3CCC2O3)cc1. The number of ether oxygens (including phenoxy) is 1. The molecule has 0 radical (unpaired) electrons. The average Bonchev–Trinajstić information content (AvgIpc) is 2.90. The molecule has 2 bridgehead atoms. The van der Waals surface area contributed by atoms with Gasteiger partial charge in [0.2, 0.25) is 10.0 Å². The fourth-order valence-electron chi connectivity index (χ4n) is 2.74. The molecule has 2 heterocycles. The summed E-state index contributed by atoms with van der Waals surface area (Å²) < 4.78 is 28.0. The van der Waals surface area contributed by atoms with Crippen LogP contribution in [0.15, 0.2) is 29.2 Å². The molecule has 6 heteroatoms. The summed E-state index contributed by atoms with van der Waals surface area (Å²) in [7, 11) is -3.61. The summed E-state index contributed by atoms with van der Waals surface area (Å²) in [6, 6.07) is 6.86. The van der Waals surface area contributed by atoms with Gasteiger partial charge in [-0.1, -0.05) is 0 Å². The number of fused-ring (bicyclic) bond motifs is 2. The molecule has 3 atom stereocenters. The van der Waals surface area contributed by atoms with Gasteiger partial charge in [0.15, 0.2) is 0 Å². The number of primary sulfonamides is 1. The summed E-state index contributed by atoms with van der Waals surface area (Å²) >= 11 is 0. The largest absolute Gasteiger partial charge is 0.380 e. The second-order valence-corrected chi connectivity index (χ2v) is 6.49. The van der Waals surface area contributed by atoms with Gasteiger partial charge >= 0.3 is 0 Å². The molecule has 0 amide bonds. The molecule has 1 aromatic carbocycles. The van der Waals surface area contributed by atoms with E-state index in [0.717, 1.165) is 24.9 Å². The van der Waals surface area contributed by atoms with Gasteiger partial charge in [0.25, 0.3) is 0 Å². The van der Waals surface area contributed by atoms with Crippen molar-refractivity contribution in [2.45, 2.75) is 42.4 Å². The quantitative estimate of drug-likeness (QED) is 0.859. The van der Waals surface area contributed by atoms with E-state index in [2.05, 4.69) is 5.32 Å². The normalized spacial score (nSPS) is 30.6. The van der Waals surface area contributed by atoms with Crippen molar-refractivity contribution in [2.75, 3.05) is 5.32 Å². The van der Waals surface area contributed by atoms with Crippen LogP contribution in [0.1, 0.15) is 19.3 Å². The molecule has 2 aliphatic rings. The zero-order chi connectivity index (χ0) is 12.8. The Balaban J connectivity index is 1.71. The number of hydrogen-bond acceptors (Lipinski definition) is 4. The topological polar surface area (TPSA) is 81.4 Å². The average molecular weight is 268 g/mol. The van der Waals surface area contributed by atoms with Crippen LogP contribution in [0.25, 0.3) is 0 Å². The van der Waals surface area contributed by atoms with Crippen LogP contribution in [0.4, 0.5) is 5.69 Å². The number of rotatable bonds is 3. The van der Waals surface area contributed by atoms with Crippen molar-refractivity contribution in [3.63, 3.8) is 0 Å². The lowest BCUT2D eigenvalue weighted by molar-refractivity contribution is 0.102. The summed E-state index contributed by atoms with van der Waals surface area (Å²) in [6.07, 6.45) is 4.00. The van der Waals surface area contributed by atoms with Crippen LogP contribution in [-0.2, 0) is 14.8 Å². The molecule has 2 aliphatic heterocycles. The monoisotopic (exact) mass is 268 g/mol. The Morgan fingerprint density at radius 1 is 1.22 bits per heavy atom. The molecule has 3 unspecified atom stereocenters. The Morgan fingerprint density at radius 2 is 1.94 bits per heavy atom. The van der Waals surface area contributed by atoms with E-state index in [1.165, 1.54) is 12.1 Å². The van der Waals surface area contributed by atoms with Crippen molar-refractivity contribution in [3.05, 3.63) is 24.3 Å². The lowest BCUT2D eigenvalue weighted by atomic mass is 9.95. The van der Waals surface area contributed by atoms with Crippen LogP contribution in [-0.4, -0.2) is 26.7 Å². The fraction of sp³-hybridized carbons (Fsp3) is 0.500. The van der Waals surface area contributed by atoms with Gasteiger partial charge in [0, 0.05) is 5.69 Å².